The Balaban J connectivity index is 1.30. The van der Waals surface area contributed by atoms with Crippen LogP contribution in [-0.4, -0.2) is 25.4 Å². The molecule has 4 aromatic rings. The van der Waals surface area contributed by atoms with Gasteiger partial charge >= 0.3 is 0 Å². The van der Waals surface area contributed by atoms with Crippen molar-refractivity contribution in [3.8, 4) is 0 Å². The van der Waals surface area contributed by atoms with Gasteiger partial charge in [0.1, 0.15) is 17.6 Å². The summed E-state index contributed by atoms with van der Waals surface area (Å²) in [6.45, 7) is 6.92. The van der Waals surface area contributed by atoms with E-state index >= 15 is 0 Å². The van der Waals surface area contributed by atoms with Gasteiger partial charge in [0.2, 0.25) is 5.91 Å². The second-order valence-corrected chi connectivity index (χ2v) is 9.09. The van der Waals surface area contributed by atoms with Gasteiger partial charge in [-0.15, -0.1) is 0 Å². The molecule has 3 aromatic heterocycles. The minimum atomic E-state index is -0.564. The number of aryl methyl sites for hydroxylation is 4. The van der Waals surface area contributed by atoms with Crippen molar-refractivity contribution in [3.63, 3.8) is 0 Å². The fraction of sp³-hybridized carbons (Fsp3) is 0.308. The van der Waals surface area contributed by atoms with E-state index in [0.29, 0.717) is 37.4 Å². The van der Waals surface area contributed by atoms with E-state index in [0.717, 1.165) is 27.9 Å². The molecule has 0 radical (unpaired) electrons. The first-order valence-corrected chi connectivity index (χ1v) is 11.5. The molecule has 1 atom stereocenters. The van der Waals surface area contributed by atoms with Gasteiger partial charge in [0.05, 0.1) is 12.7 Å². The number of nitrogens with zero attached hydrogens (tertiary/aromatic N) is 3. The van der Waals surface area contributed by atoms with Crippen molar-refractivity contribution in [3.05, 3.63) is 87.0 Å². The van der Waals surface area contributed by atoms with Crippen LogP contribution < -0.4 is 16.2 Å². The molecule has 0 saturated heterocycles. The maximum atomic E-state index is 13.2. The van der Waals surface area contributed by atoms with E-state index in [9.17, 15) is 9.59 Å². The highest BCUT2D eigenvalue weighted by Crippen LogP contribution is 2.24. The number of benzene rings is 1. The maximum absolute atomic E-state index is 13.2. The second kappa shape index (κ2) is 8.78. The average Bonchev–Trinajstić information content (AvgIpc) is 3.40. The van der Waals surface area contributed by atoms with Gasteiger partial charge < -0.3 is 15.6 Å². The summed E-state index contributed by atoms with van der Waals surface area (Å²) in [6, 6.07) is 9.70. The van der Waals surface area contributed by atoms with E-state index in [2.05, 4.69) is 57.6 Å². The molecule has 0 saturated carbocycles. The molecule has 0 bridgehead atoms. The Morgan fingerprint density at radius 3 is 2.65 bits per heavy atom. The third-order valence-corrected chi connectivity index (χ3v) is 6.24. The van der Waals surface area contributed by atoms with Gasteiger partial charge in [-0.25, -0.2) is 4.98 Å². The standard InChI is InChI=1S/C26H28N6O2/c1-15-6-16(2)8-18(7-15)11-28-22-14-29-24-5-4-23(32(24)26(22)34)25(33)30-13-20-10-19-12-27-17(3)9-21(19)31-20/h6-10,12,14,23,28,31H,4-5,11,13H2,1-3H3,(H,30,33)/t23-/m0/s1. The van der Waals surface area contributed by atoms with Crippen LogP contribution in [-0.2, 0) is 24.3 Å². The number of hydrogen-bond donors (Lipinski definition) is 3. The number of fused-ring (bicyclic) bond motifs is 2. The number of carbonyl (C=O) groups excluding carboxylic acids is 1. The monoisotopic (exact) mass is 456 g/mol. The van der Waals surface area contributed by atoms with Crippen molar-refractivity contribution in [2.24, 2.45) is 0 Å². The van der Waals surface area contributed by atoms with Crippen LogP contribution >= 0.6 is 0 Å². The molecule has 8 nitrogen and oxygen atoms in total. The van der Waals surface area contributed by atoms with Crippen LogP contribution in [0.25, 0.3) is 10.9 Å². The highest BCUT2D eigenvalue weighted by atomic mass is 16.2. The number of rotatable bonds is 6. The van der Waals surface area contributed by atoms with Crippen molar-refractivity contribution >= 4 is 22.5 Å². The number of amides is 1. The Morgan fingerprint density at radius 2 is 1.85 bits per heavy atom. The Kier molecular flexibility index (Phi) is 5.65. The Bertz CT molecular complexity index is 1430. The van der Waals surface area contributed by atoms with Crippen LogP contribution in [0, 0.1) is 20.8 Å². The summed E-state index contributed by atoms with van der Waals surface area (Å²) in [4.78, 5) is 38.3. The lowest BCUT2D eigenvalue weighted by Crippen LogP contribution is -2.36. The molecule has 0 spiro atoms. The van der Waals surface area contributed by atoms with Gasteiger partial charge in [0, 0.05) is 41.5 Å². The normalized spacial score (nSPS) is 14.9. The molecule has 34 heavy (non-hydrogen) atoms. The van der Waals surface area contributed by atoms with Gasteiger partial charge in [-0.2, -0.15) is 0 Å². The molecule has 1 aromatic carbocycles. The van der Waals surface area contributed by atoms with Crippen molar-refractivity contribution in [2.75, 3.05) is 5.32 Å². The zero-order valence-corrected chi connectivity index (χ0v) is 19.6. The van der Waals surface area contributed by atoms with Gasteiger partial charge in [-0.3, -0.25) is 19.1 Å². The molecule has 8 heteroatoms. The van der Waals surface area contributed by atoms with Crippen molar-refractivity contribution in [1.29, 1.82) is 0 Å². The number of H-pyrrole nitrogens is 1. The van der Waals surface area contributed by atoms with Crippen molar-refractivity contribution < 1.29 is 4.79 Å². The zero-order valence-electron chi connectivity index (χ0n) is 19.6. The fourth-order valence-electron chi connectivity index (χ4n) is 4.73. The summed E-state index contributed by atoms with van der Waals surface area (Å²) in [6.07, 6.45) is 4.56. The smallest absolute Gasteiger partial charge is 0.277 e. The Labute approximate surface area is 197 Å². The predicted octanol–water partition coefficient (Wildman–Crippen LogP) is 3.46. The van der Waals surface area contributed by atoms with Crippen LogP contribution in [0.2, 0.25) is 0 Å². The first kappa shape index (κ1) is 21.9. The van der Waals surface area contributed by atoms with Crippen LogP contribution in [0.3, 0.4) is 0 Å². The molecule has 1 aliphatic rings. The number of anilines is 1. The van der Waals surface area contributed by atoms with E-state index in [1.165, 1.54) is 15.7 Å². The summed E-state index contributed by atoms with van der Waals surface area (Å²) in [5, 5.41) is 7.19. The molecule has 4 heterocycles. The molecule has 1 amide bonds. The van der Waals surface area contributed by atoms with Crippen LogP contribution in [0.4, 0.5) is 5.69 Å². The van der Waals surface area contributed by atoms with Crippen LogP contribution in [0.1, 0.15) is 46.4 Å². The molecule has 1 aliphatic heterocycles. The molecule has 174 valence electrons. The van der Waals surface area contributed by atoms with E-state index in [-0.39, 0.29) is 11.5 Å². The predicted molar refractivity (Wildman–Crippen MR) is 132 cm³/mol. The number of aromatic nitrogens is 4. The van der Waals surface area contributed by atoms with Gasteiger partial charge in [0.15, 0.2) is 0 Å². The lowest BCUT2D eigenvalue weighted by molar-refractivity contribution is -0.124. The summed E-state index contributed by atoms with van der Waals surface area (Å²) in [7, 11) is 0. The Hall–Kier alpha value is -3.94. The fourth-order valence-corrected chi connectivity index (χ4v) is 4.73. The first-order chi connectivity index (χ1) is 16.4. The molecular formula is C26H28N6O2. The van der Waals surface area contributed by atoms with E-state index in [1.807, 2.05) is 25.3 Å². The van der Waals surface area contributed by atoms with Gasteiger partial charge in [-0.1, -0.05) is 29.3 Å². The SMILES string of the molecule is Cc1cc(C)cc(CNc2cnc3n(c2=O)[C@H](C(=O)NCc2cc4cnc(C)cc4[nH]2)CC3)c1. The lowest BCUT2D eigenvalue weighted by atomic mass is 10.1. The largest absolute Gasteiger partial charge is 0.375 e. The molecule has 0 unspecified atom stereocenters. The number of hydrogen-bond acceptors (Lipinski definition) is 5. The van der Waals surface area contributed by atoms with Crippen LogP contribution in [0.15, 0.2) is 47.5 Å². The topological polar surface area (TPSA) is 105 Å². The third kappa shape index (κ3) is 4.31. The molecule has 5 rings (SSSR count). The number of pyridine rings is 1. The summed E-state index contributed by atoms with van der Waals surface area (Å²) < 4.78 is 1.54. The molecule has 3 N–H and O–H groups in total. The maximum Gasteiger partial charge on any atom is 0.277 e. The van der Waals surface area contributed by atoms with Gasteiger partial charge in [-0.05, 0) is 44.9 Å². The Morgan fingerprint density at radius 1 is 1.06 bits per heavy atom. The third-order valence-electron chi connectivity index (χ3n) is 6.24. The molecular weight excluding hydrogens is 428 g/mol. The van der Waals surface area contributed by atoms with E-state index in [4.69, 9.17) is 0 Å². The number of carbonyl (C=O) groups is 1. The summed E-state index contributed by atoms with van der Waals surface area (Å²) in [5.74, 6) is 0.469. The van der Waals surface area contributed by atoms with E-state index < -0.39 is 6.04 Å². The van der Waals surface area contributed by atoms with Crippen LogP contribution in [0.5, 0.6) is 0 Å². The minimum absolute atomic E-state index is 0.179. The lowest BCUT2D eigenvalue weighted by Gasteiger charge is -2.15. The number of nitrogens with one attached hydrogen (secondary N) is 3. The first-order valence-electron chi connectivity index (χ1n) is 11.5. The highest BCUT2D eigenvalue weighted by Gasteiger charge is 2.31. The molecule has 0 aliphatic carbocycles. The minimum Gasteiger partial charge on any atom is -0.375 e. The second-order valence-electron chi connectivity index (χ2n) is 9.09. The quantitative estimate of drug-likeness (QED) is 0.412. The average molecular weight is 457 g/mol. The van der Waals surface area contributed by atoms with Gasteiger partial charge in [0.25, 0.3) is 5.56 Å². The number of aromatic amines is 1. The van der Waals surface area contributed by atoms with E-state index in [1.54, 1.807) is 6.20 Å². The summed E-state index contributed by atoms with van der Waals surface area (Å²) >= 11 is 0. The van der Waals surface area contributed by atoms with Crippen molar-refractivity contribution in [1.82, 2.24) is 24.8 Å². The molecule has 0 fully saturated rings. The zero-order chi connectivity index (χ0) is 23.8. The highest BCUT2D eigenvalue weighted by molar-refractivity contribution is 5.82. The summed E-state index contributed by atoms with van der Waals surface area (Å²) in [5.41, 5.74) is 6.46. The van der Waals surface area contributed by atoms with Crippen molar-refractivity contribution in [2.45, 2.75) is 52.7 Å².